The van der Waals surface area contributed by atoms with E-state index in [4.69, 9.17) is 9.47 Å². The number of nitrogens with zero attached hydrogens (tertiary/aromatic N) is 1. The average molecular weight is 297 g/mol. The van der Waals surface area contributed by atoms with Gasteiger partial charge in [0.25, 0.3) is 0 Å². The van der Waals surface area contributed by atoms with Crippen LogP contribution in [0.3, 0.4) is 0 Å². The number of rotatable bonds is 4. The molecule has 3 unspecified atom stereocenters. The summed E-state index contributed by atoms with van der Waals surface area (Å²) in [7, 11) is 0. The number of hydrogen-bond donors (Lipinski definition) is 1. The van der Waals surface area contributed by atoms with Crippen molar-refractivity contribution in [1.29, 1.82) is 0 Å². The fourth-order valence-electron chi connectivity index (χ4n) is 4.49. The highest BCUT2D eigenvalue weighted by Gasteiger charge is 2.43. The van der Waals surface area contributed by atoms with Crippen molar-refractivity contribution in [2.45, 2.75) is 69.7 Å². The second-order valence-electron chi connectivity index (χ2n) is 7.19. The van der Waals surface area contributed by atoms with E-state index >= 15 is 0 Å². The summed E-state index contributed by atoms with van der Waals surface area (Å²) >= 11 is 0. The van der Waals surface area contributed by atoms with Gasteiger partial charge in [-0.1, -0.05) is 19.8 Å². The van der Waals surface area contributed by atoms with Gasteiger partial charge in [0, 0.05) is 19.7 Å². The molecule has 4 nitrogen and oxygen atoms in total. The Morgan fingerprint density at radius 1 is 1.29 bits per heavy atom. The Balaban J connectivity index is 1.57. The molecule has 2 saturated heterocycles. The molecule has 0 aromatic rings. The zero-order valence-electron chi connectivity index (χ0n) is 13.4. The van der Waals surface area contributed by atoms with Gasteiger partial charge in [0.2, 0.25) is 0 Å². The van der Waals surface area contributed by atoms with Crippen molar-refractivity contribution < 1.29 is 14.6 Å². The second kappa shape index (κ2) is 6.95. The van der Waals surface area contributed by atoms with Gasteiger partial charge >= 0.3 is 0 Å². The number of aliphatic hydroxyl groups excluding tert-OH is 1. The summed E-state index contributed by atoms with van der Waals surface area (Å²) in [5.74, 6) is 0.350. The SMILES string of the molecule is CCCN1CCOC(C(O)C2CCOC3(CCCC3)C2)C1. The van der Waals surface area contributed by atoms with Gasteiger partial charge in [0.15, 0.2) is 0 Å². The first-order chi connectivity index (χ1) is 10.2. The zero-order valence-corrected chi connectivity index (χ0v) is 13.4. The Morgan fingerprint density at radius 3 is 2.86 bits per heavy atom. The van der Waals surface area contributed by atoms with Crippen LogP contribution < -0.4 is 0 Å². The number of morpholine rings is 1. The molecule has 3 fully saturated rings. The van der Waals surface area contributed by atoms with E-state index in [2.05, 4.69) is 11.8 Å². The van der Waals surface area contributed by atoms with Crippen molar-refractivity contribution in [3.63, 3.8) is 0 Å². The summed E-state index contributed by atoms with van der Waals surface area (Å²) in [5.41, 5.74) is 0.0850. The summed E-state index contributed by atoms with van der Waals surface area (Å²) in [6, 6.07) is 0. The van der Waals surface area contributed by atoms with Crippen LogP contribution in [0.15, 0.2) is 0 Å². The summed E-state index contributed by atoms with van der Waals surface area (Å²) in [5, 5.41) is 10.8. The lowest BCUT2D eigenvalue weighted by molar-refractivity contribution is -0.150. The van der Waals surface area contributed by atoms with Crippen molar-refractivity contribution >= 4 is 0 Å². The number of ether oxygens (including phenoxy) is 2. The first-order valence-electron chi connectivity index (χ1n) is 8.88. The standard InChI is InChI=1S/C17H31NO3/c1-2-8-18-9-11-20-15(13-18)16(19)14-5-10-21-17(12-14)6-3-4-7-17/h14-16,19H,2-13H2,1H3. The molecule has 3 rings (SSSR count). The predicted molar refractivity (Wildman–Crippen MR) is 82.4 cm³/mol. The average Bonchev–Trinajstić information content (AvgIpc) is 2.95. The smallest absolute Gasteiger partial charge is 0.0963 e. The maximum Gasteiger partial charge on any atom is 0.0963 e. The highest BCUT2D eigenvalue weighted by atomic mass is 16.5. The molecular weight excluding hydrogens is 266 g/mol. The molecule has 2 aliphatic heterocycles. The lowest BCUT2D eigenvalue weighted by Crippen LogP contribution is -2.52. The molecule has 3 atom stereocenters. The highest BCUT2D eigenvalue weighted by molar-refractivity contribution is 4.95. The minimum atomic E-state index is -0.328. The molecular formula is C17H31NO3. The summed E-state index contributed by atoms with van der Waals surface area (Å²) < 4.78 is 12.0. The fraction of sp³-hybridized carbons (Fsp3) is 1.00. The van der Waals surface area contributed by atoms with E-state index in [1.807, 2.05) is 0 Å². The maximum absolute atomic E-state index is 10.8. The van der Waals surface area contributed by atoms with E-state index in [9.17, 15) is 5.11 Å². The molecule has 0 bridgehead atoms. The quantitative estimate of drug-likeness (QED) is 0.864. The third-order valence-electron chi connectivity index (χ3n) is 5.63. The number of hydrogen-bond acceptors (Lipinski definition) is 4. The molecule has 21 heavy (non-hydrogen) atoms. The molecule has 0 aromatic carbocycles. The number of aliphatic hydroxyl groups is 1. The van der Waals surface area contributed by atoms with Gasteiger partial charge in [-0.2, -0.15) is 0 Å². The van der Waals surface area contributed by atoms with Crippen molar-refractivity contribution in [2.75, 3.05) is 32.8 Å². The molecule has 0 radical (unpaired) electrons. The molecule has 1 saturated carbocycles. The van der Waals surface area contributed by atoms with Crippen molar-refractivity contribution in [1.82, 2.24) is 4.90 Å². The Labute approximate surface area is 128 Å². The maximum atomic E-state index is 10.8. The van der Waals surface area contributed by atoms with E-state index in [1.165, 1.54) is 32.1 Å². The van der Waals surface area contributed by atoms with Gasteiger partial charge in [-0.05, 0) is 44.6 Å². The predicted octanol–water partition coefficient (Wildman–Crippen LogP) is 2.20. The topological polar surface area (TPSA) is 41.9 Å². The summed E-state index contributed by atoms with van der Waals surface area (Å²) in [4.78, 5) is 2.43. The molecule has 0 aromatic heterocycles. The van der Waals surface area contributed by atoms with Gasteiger partial charge in [-0.25, -0.2) is 0 Å². The van der Waals surface area contributed by atoms with Crippen molar-refractivity contribution in [2.24, 2.45) is 5.92 Å². The summed E-state index contributed by atoms with van der Waals surface area (Å²) in [6.07, 6.45) is 7.78. The molecule has 4 heteroatoms. The third kappa shape index (κ3) is 3.61. The molecule has 1 N–H and O–H groups in total. The van der Waals surface area contributed by atoms with Crippen LogP contribution in [-0.2, 0) is 9.47 Å². The van der Waals surface area contributed by atoms with E-state index in [-0.39, 0.29) is 17.8 Å². The Kier molecular flexibility index (Phi) is 5.20. The monoisotopic (exact) mass is 297 g/mol. The fourth-order valence-corrected chi connectivity index (χ4v) is 4.49. The Bertz CT molecular complexity index is 328. The van der Waals surface area contributed by atoms with Crippen LogP contribution in [0.4, 0.5) is 0 Å². The normalized spacial score (nSPS) is 35.1. The van der Waals surface area contributed by atoms with E-state index in [0.29, 0.717) is 5.92 Å². The summed E-state index contributed by atoms with van der Waals surface area (Å²) in [6.45, 7) is 6.80. The molecule has 1 spiro atoms. The molecule has 3 aliphatic rings. The highest BCUT2D eigenvalue weighted by Crippen LogP contribution is 2.43. The van der Waals surface area contributed by atoms with Gasteiger partial charge < -0.3 is 14.6 Å². The lowest BCUT2D eigenvalue weighted by Gasteiger charge is -2.43. The van der Waals surface area contributed by atoms with Crippen LogP contribution in [0, 0.1) is 5.92 Å². The first kappa shape index (κ1) is 15.7. The molecule has 1 aliphatic carbocycles. The van der Waals surface area contributed by atoms with Crippen LogP contribution >= 0.6 is 0 Å². The zero-order chi connectivity index (χ0) is 14.7. The van der Waals surface area contributed by atoms with Crippen LogP contribution in [0.2, 0.25) is 0 Å². The molecule has 2 heterocycles. The van der Waals surface area contributed by atoms with Crippen LogP contribution in [0.1, 0.15) is 51.9 Å². The van der Waals surface area contributed by atoms with Gasteiger partial charge in [-0.15, -0.1) is 0 Å². The van der Waals surface area contributed by atoms with Gasteiger partial charge in [0.1, 0.15) is 0 Å². The van der Waals surface area contributed by atoms with Gasteiger partial charge in [-0.3, -0.25) is 4.90 Å². The Hall–Kier alpha value is -0.160. The van der Waals surface area contributed by atoms with Crippen LogP contribution in [0.5, 0.6) is 0 Å². The van der Waals surface area contributed by atoms with E-state index < -0.39 is 0 Å². The van der Waals surface area contributed by atoms with E-state index in [1.54, 1.807) is 0 Å². The third-order valence-corrected chi connectivity index (χ3v) is 5.63. The minimum Gasteiger partial charge on any atom is -0.390 e. The van der Waals surface area contributed by atoms with Crippen molar-refractivity contribution in [3.05, 3.63) is 0 Å². The lowest BCUT2D eigenvalue weighted by atomic mass is 9.80. The second-order valence-corrected chi connectivity index (χ2v) is 7.19. The first-order valence-corrected chi connectivity index (χ1v) is 8.88. The minimum absolute atomic E-state index is 0.00754. The largest absolute Gasteiger partial charge is 0.390 e. The van der Waals surface area contributed by atoms with E-state index in [0.717, 1.165) is 45.7 Å². The molecule has 122 valence electrons. The van der Waals surface area contributed by atoms with Crippen molar-refractivity contribution in [3.8, 4) is 0 Å². The van der Waals surface area contributed by atoms with Crippen LogP contribution in [-0.4, -0.2) is 60.7 Å². The van der Waals surface area contributed by atoms with Gasteiger partial charge in [0.05, 0.1) is 24.4 Å². The Morgan fingerprint density at radius 2 is 2.10 bits per heavy atom. The molecule has 0 amide bonds. The van der Waals surface area contributed by atoms with Crippen LogP contribution in [0.25, 0.3) is 0 Å².